The lowest BCUT2D eigenvalue weighted by atomic mass is 10.0. The number of rotatable bonds is 3. The first kappa shape index (κ1) is 14.4. The standard InChI is InChI=1S/C10H11N3O2.ClH/c1-7-2-3-8(9(12)4-5-11)6-10(7)13(14)15;/h2-3,6,9H,4,12H2,1H3;1H/t9-;/m1./s1. The second-order valence-electron chi connectivity index (χ2n) is 3.27. The lowest BCUT2D eigenvalue weighted by Gasteiger charge is -2.08. The zero-order valence-corrected chi connectivity index (χ0v) is 9.53. The molecule has 86 valence electrons. The minimum absolute atomic E-state index is 0. The molecule has 0 saturated carbocycles. The molecule has 16 heavy (non-hydrogen) atoms. The van der Waals surface area contributed by atoms with E-state index in [4.69, 9.17) is 11.0 Å². The Morgan fingerprint density at radius 2 is 2.25 bits per heavy atom. The van der Waals surface area contributed by atoms with Crippen molar-refractivity contribution in [2.75, 3.05) is 0 Å². The molecule has 0 bridgehead atoms. The third-order valence-corrected chi connectivity index (χ3v) is 2.17. The first-order valence-corrected chi connectivity index (χ1v) is 4.43. The van der Waals surface area contributed by atoms with Gasteiger partial charge in [-0.1, -0.05) is 12.1 Å². The summed E-state index contributed by atoms with van der Waals surface area (Å²) in [6.45, 7) is 1.66. The molecule has 0 aliphatic carbocycles. The van der Waals surface area contributed by atoms with Crippen molar-refractivity contribution >= 4 is 18.1 Å². The zero-order chi connectivity index (χ0) is 11.4. The number of benzene rings is 1. The molecular weight excluding hydrogens is 230 g/mol. The molecule has 0 aliphatic rings. The Kier molecular flexibility index (Phi) is 5.43. The quantitative estimate of drug-likeness (QED) is 0.649. The van der Waals surface area contributed by atoms with E-state index in [-0.39, 0.29) is 24.5 Å². The van der Waals surface area contributed by atoms with Crippen LogP contribution in [-0.4, -0.2) is 4.92 Å². The zero-order valence-electron chi connectivity index (χ0n) is 8.71. The van der Waals surface area contributed by atoms with Gasteiger partial charge in [0.05, 0.1) is 17.4 Å². The maximum absolute atomic E-state index is 10.7. The molecule has 0 radical (unpaired) electrons. The van der Waals surface area contributed by atoms with Crippen LogP contribution in [0.3, 0.4) is 0 Å². The minimum Gasteiger partial charge on any atom is -0.323 e. The summed E-state index contributed by atoms with van der Waals surface area (Å²) in [5, 5.41) is 19.1. The van der Waals surface area contributed by atoms with Crippen LogP contribution in [-0.2, 0) is 0 Å². The molecule has 5 nitrogen and oxygen atoms in total. The van der Waals surface area contributed by atoms with Gasteiger partial charge in [-0.05, 0) is 12.5 Å². The van der Waals surface area contributed by atoms with Crippen LogP contribution in [0, 0.1) is 28.4 Å². The summed E-state index contributed by atoms with van der Waals surface area (Å²) in [4.78, 5) is 10.2. The van der Waals surface area contributed by atoms with Crippen molar-refractivity contribution in [1.29, 1.82) is 5.26 Å². The van der Waals surface area contributed by atoms with Gasteiger partial charge in [0.15, 0.2) is 0 Å². The van der Waals surface area contributed by atoms with Crippen LogP contribution < -0.4 is 5.73 Å². The summed E-state index contributed by atoms with van der Waals surface area (Å²) < 4.78 is 0. The number of hydrogen-bond donors (Lipinski definition) is 1. The third-order valence-electron chi connectivity index (χ3n) is 2.17. The van der Waals surface area contributed by atoms with Gasteiger partial charge >= 0.3 is 0 Å². The van der Waals surface area contributed by atoms with Crippen LogP contribution in [0.5, 0.6) is 0 Å². The predicted octanol–water partition coefficient (Wildman–Crippen LogP) is 2.24. The Morgan fingerprint density at radius 1 is 1.62 bits per heavy atom. The van der Waals surface area contributed by atoms with Gasteiger partial charge in [-0.25, -0.2) is 0 Å². The fourth-order valence-corrected chi connectivity index (χ4v) is 1.27. The van der Waals surface area contributed by atoms with Crippen LogP contribution >= 0.6 is 12.4 Å². The normalized spacial score (nSPS) is 11.1. The molecule has 1 aromatic rings. The lowest BCUT2D eigenvalue weighted by molar-refractivity contribution is -0.385. The highest BCUT2D eigenvalue weighted by Gasteiger charge is 2.14. The molecule has 1 atom stereocenters. The van der Waals surface area contributed by atoms with E-state index in [2.05, 4.69) is 0 Å². The van der Waals surface area contributed by atoms with Gasteiger partial charge in [-0.3, -0.25) is 10.1 Å². The first-order valence-electron chi connectivity index (χ1n) is 4.43. The van der Waals surface area contributed by atoms with Gasteiger partial charge in [0.2, 0.25) is 0 Å². The van der Waals surface area contributed by atoms with E-state index in [1.165, 1.54) is 6.07 Å². The van der Waals surface area contributed by atoms with Crippen molar-refractivity contribution in [2.45, 2.75) is 19.4 Å². The van der Waals surface area contributed by atoms with Crippen molar-refractivity contribution in [3.8, 4) is 6.07 Å². The van der Waals surface area contributed by atoms with Crippen LogP contribution in [0.2, 0.25) is 0 Å². The molecule has 6 heteroatoms. The fraction of sp³-hybridized carbons (Fsp3) is 0.300. The maximum Gasteiger partial charge on any atom is 0.272 e. The summed E-state index contributed by atoms with van der Waals surface area (Å²) in [6, 6.07) is 6.25. The van der Waals surface area contributed by atoms with Crippen LogP contribution in [0.25, 0.3) is 0 Å². The smallest absolute Gasteiger partial charge is 0.272 e. The maximum atomic E-state index is 10.7. The van der Waals surface area contributed by atoms with Crippen molar-refractivity contribution < 1.29 is 4.92 Å². The second kappa shape index (κ2) is 6.05. The molecule has 0 aromatic heterocycles. The average Bonchev–Trinajstić information content (AvgIpc) is 2.18. The van der Waals surface area contributed by atoms with E-state index < -0.39 is 11.0 Å². The van der Waals surface area contributed by atoms with Crippen LogP contribution in [0.1, 0.15) is 23.6 Å². The molecule has 0 aliphatic heterocycles. The highest BCUT2D eigenvalue weighted by Crippen LogP contribution is 2.23. The van der Waals surface area contributed by atoms with Gasteiger partial charge in [0.1, 0.15) is 0 Å². The van der Waals surface area contributed by atoms with Crippen LogP contribution in [0.15, 0.2) is 18.2 Å². The van der Waals surface area contributed by atoms with E-state index in [0.29, 0.717) is 11.1 Å². The van der Waals surface area contributed by atoms with Crippen LogP contribution in [0.4, 0.5) is 5.69 Å². The number of nitro groups is 1. The summed E-state index contributed by atoms with van der Waals surface area (Å²) in [5.74, 6) is 0. The molecule has 0 fully saturated rings. The van der Waals surface area contributed by atoms with Gasteiger partial charge in [0.25, 0.3) is 5.69 Å². The van der Waals surface area contributed by atoms with E-state index in [9.17, 15) is 10.1 Å². The molecule has 1 aromatic carbocycles. The Morgan fingerprint density at radius 3 is 2.75 bits per heavy atom. The van der Waals surface area contributed by atoms with Crippen molar-refractivity contribution in [3.05, 3.63) is 39.4 Å². The number of halogens is 1. The summed E-state index contributed by atoms with van der Waals surface area (Å²) >= 11 is 0. The number of nitro benzene ring substituents is 1. The number of nitriles is 1. The molecule has 0 unspecified atom stereocenters. The Hall–Kier alpha value is -1.64. The molecule has 1 rings (SSSR count). The number of hydrogen-bond acceptors (Lipinski definition) is 4. The van der Waals surface area contributed by atoms with E-state index in [1.54, 1.807) is 19.1 Å². The van der Waals surface area contributed by atoms with Gasteiger partial charge in [-0.15, -0.1) is 12.4 Å². The molecule has 0 amide bonds. The highest BCUT2D eigenvalue weighted by atomic mass is 35.5. The topological polar surface area (TPSA) is 93.0 Å². The monoisotopic (exact) mass is 241 g/mol. The largest absolute Gasteiger partial charge is 0.323 e. The molecule has 0 heterocycles. The number of aryl methyl sites for hydroxylation is 1. The summed E-state index contributed by atoms with van der Waals surface area (Å²) in [5.41, 5.74) is 6.93. The fourth-order valence-electron chi connectivity index (χ4n) is 1.27. The van der Waals surface area contributed by atoms with Crippen molar-refractivity contribution in [1.82, 2.24) is 0 Å². The first-order chi connectivity index (χ1) is 7.06. The van der Waals surface area contributed by atoms with E-state index in [1.807, 2.05) is 6.07 Å². The van der Waals surface area contributed by atoms with Crippen molar-refractivity contribution in [2.24, 2.45) is 5.73 Å². The van der Waals surface area contributed by atoms with E-state index >= 15 is 0 Å². The second-order valence-corrected chi connectivity index (χ2v) is 3.27. The Labute approximate surface area is 99.4 Å². The minimum atomic E-state index is -0.464. The molecule has 0 saturated heterocycles. The highest BCUT2D eigenvalue weighted by molar-refractivity contribution is 5.85. The molecular formula is C10H12ClN3O2. The predicted molar refractivity (Wildman–Crippen MR) is 62.2 cm³/mol. The number of nitrogens with two attached hydrogens (primary N) is 1. The van der Waals surface area contributed by atoms with E-state index in [0.717, 1.165) is 0 Å². The number of nitrogens with zero attached hydrogens (tertiary/aromatic N) is 2. The summed E-state index contributed by atoms with van der Waals surface area (Å²) in [7, 11) is 0. The van der Waals surface area contributed by atoms with Gasteiger partial charge in [0, 0.05) is 17.7 Å². The van der Waals surface area contributed by atoms with Gasteiger partial charge in [-0.2, -0.15) is 5.26 Å². The van der Waals surface area contributed by atoms with Gasteiger partial charge < -0.3 is 5.73 Å². The molecule has 0 spiro atoms. The summed E-state index contributed by atoms with van der Waals surface area (Å²) in [6.07, 6.45) is 0.153. The average molecular weight is 242 g/mol. The van der Waals surface area contributed by atoms with Crippen molar-refractivity contribution in [3.63, 3.8) is 0 Å². The molecule has 2 N–H and O–H groups in total. The lowest BCUT2D eigenvalue weighted by Crippen LogP contribution is -2.09. The Bertz CT molecular complexity index is 429. The SMILES string of the molecule is Cc1ccc([C@H](N)CC#N)cc1[N+](=O)[O-].Cl. The Balaban J connectivity index is 0.00000225. The third kappa shape index (κ3) is 3.19.